The average molecular weight is 323 g/mol. The molecule has 1 aromatic carbocycles. The summed E-state index contributed by atoms with van der Waals surface area (Å²) in [6, 6.07) is 6.72. The van der Waals surface area contributed by atoms with E-state index in [1.165, 1.54) is 61.2 Å². The van der Waals surface area contributed by atoms with Crippen molar-refractivity contribution < 1.29 is 0 Å². The van der Waals surface area contributed by atoms with Crippen molar-refractivity contribution in [1.82, 2.24) is 5.32 Å². The number of benzene rings is 1. The third kappa shape index (κ3) is 2.97. The number of anilines is 1. The van der Waals surface area contributed by atoms with Crippen molar-refractivity contribution in [3.63, 3.8) is 0 Å². The van der Waals surface area contributed by atoms with Crippen LogP contribution < -0.4 is 10.2 Å². The van der Waals surface area contributed by atoms with Gasteiger partial charge in [0.2, 0.25) is 0 Å². The third-order valence-corrected chi connectivity index (χ3v) is 5.35. The van der Waals surface area contributed by atoms with Crippen LogP contribution in [0.3, 0.4) is 0 Å². The minimum atomic E-state index is 0.898. The molecule has 1 N–H and O–H groups in total. The Hall–Kier alpha value is -0.540. The van der Waals surface area contributed by atoms with E-state index >= 15 is 0 Å². The van der Waals surface area contributed by atoms with Gasteiger partial charge < -0.3 is 10.2 Å². The molecule has 0 bridgehead atoms. The van der Waals surface area contributed by atoms with Crippen molar-refractivity contribution in [2.75, 3.05) is 31.1 Å². The minimum Gasteiger partial charge on any atom is -0.370 e. The van der Waals surface area contributed by atoms with Crippen molar-refractivity contribution in [3.05, 3.63) is 28.2 Å². The second-order valence-corrected chi connectivity index (χ2v) is 6.89. The number of hydrogen-bond donors (Lipinski definition) is 1. The molecule has 0 radical (unpaired) electrons. The topological polar surface area (TPSA) is 15.3 Å². The van der Waals surface area contributed by atoms with E-state index in [2.05, 4.69) is 51.3 Å². The van der Waals surface area contributed by atoms with Crippen LogP contribution in [0.1, 0.15) is 24.8 Å². The molecule has 2 nitrogen and oxygen atoms in total. The molecular formula is C16H23BrN2. The van der Waals surface area contributed by atoms with Crippen molar-refractivity contribution >= 4 is 21.6 Å². The van der Waals surface area contributed by atoms with Crippen LogP contribution in [0.15, 0.2) is 22.7 Å². The van der Waals surface area contributed by atoms with Gasteiger partial charge in [0, 0.05) is 17.6 Å². The average Bonchev–Trinajstić information content (AvgIpc) is 2.89. The van der Waals surface area contributed by atoms with Crippen LogP contribution in [0.5, 0.6) is 0 Å². The van der Waals surface area contributed by atoms with E-state index < -0.39 is 0 Å². The molecule has 2 aliphatic heterocycles. The van der Waals surface area contributed by atoms with Crippen LogP contribution in [0.25, 0.3) is 0 Å². The standard InChI is InChI=1S/C16H23BrN2/c1-12-2-3-16(15(17)10-12)19-9-6-14(11-19)13-4-7-18-8-5-13/h2-3,10,13-14,18H,4-9,11H2,1H3. The van der Waals surface area contributed by atoms with E-state index in [9.17, 15) is 0 Å². The highest BCUT2D eigenvalue weighted by Gasteiger charge is 2.30. The summed E-state index contributed by atoms with van der Waals surface area (Å²) in [5, 5.41) is 3.48. The molecule has 3 rings (SSSR count). The second-order valence-electron chi connectivity index (χ2n) is 6.04. The lowest BCUT2D eigenvalue weighted by Gasteiger charge is -2.28. The van der Waals surface area contributed by atoms with E-state index in [1.54, 1.807) is 0 Å². The number of aryl methyl sites for hydroxylation is 1. The normalized spacial score (nSPS) is 24.9. The lowest BCUT2D eigenvalue weighted by molar-refractivity contribution is 0.276. The van der Waals surface area contributed by atoms with Crippen LogP contribution in [-0.2, 0) is 0 Å². The van der Waals surface area contributed by atoms with E-state index in [4.69, 9.17) is 0 Å². The van der Waals surface area contributed by atoms with E-state index in [1.807, 2.05) is 0 Å². The highest BCUT2D eigenvalue weighted by Crippen LogP contribution is 2.35. The maximum Gasteiger partial charge on any atom is 0.0510 e. The summed E-state index contributed by atoms with van der Waals surface area (Å²) in [5.74, 6) is 1.84. The molecule has 19 heavy (non-hydrogen) atoms. The van der Waals surface area contributed by atoms with E-state index in [0.29, 0.717) is 0 Å². The molecule has 0 spiro atoms. The van der Waals surface area contributed by atoms with Crippen molar-refractivity contribution in [3.8, 4) is 0 Å². The van der Waals surface area contributed by atoms with Crippen molar-refractivity contribution in [2.45, 2.75) is 26.2 Å². The van der Waals surface area contributed by atoms with Gasteiger partial charge in [-0.1, -0.05) is 6.07 Å². The molecular weight excluding hydrogens is 300 g/mol. The van der Waals surface area contributed by atoms with Gasteiger partial charge >= 0.3 is 0 Å². The van der Waals surface area contributed by atoms with Crippen molar-refractivity contribution in [2.24, 2.45) is 11.8 Å². The van der Waals surface area contributed by atoms with Crippen LogP contribution in [0, 0.1) is 18.8 Å². The van der Waals surface area contributed by atoms with E-state index in [0.717, 1.165) is 11.8 Å². The highest BCUT2D eigenvalue weighted by molar-refractivity contribution is 9.10. The van der Waals surface area contributed by atoms with Gasteiger partial charge in [-0.3, -0.25) is 0 Å². The number of nitrogens with one attached hydrogen (secondary N) is 1. The third-order valence-electron chi connectivity index (χ3n) is 4.72. The second kappa shape index (κ2) is 5.84. The SMILES string of the molecule is Cc1ccc(N2CCC(C3CCNCC3)C2)c(Br)c1. The van der Waals surface area contributed by atoms with Gasteiger partial charge in [0.05, 0.1) is 5.69 Å². The predicted octanol–water partition coefficient (Wildman–Crippen LogP) is 3.58. The molecule has 2 heterocycles. The Labute approximate surface area is 124 Å². The number of hydrogen-bond acceptors (Lipinski definition) is 2. The summed E-state index contributed by atoms with van der Waals surface area (Å²) in [7, 11) is 0. The lowest BCUT2D eigenvalue weighted by atomic mass is 9.84. The number of nitrogens with zero attached hydrogens (tertiary/aromatic N) is 1. The van der Waals surface area contributed by atoms with Gasteiger partial charge in [0.25, 0.3) is 0 Å². The summed E-state index contributed by atoms with van der Waals surface area (Å²) >= 11 is 3.72. The number of halogens is 1. The summed E-state index contributed by atoms with van der Waals surface area (Å²) in [6.45, 7) is 7.05. The first-order valence-corrected chi connectivity index (χ1v) is 8.25. The zero-order valence-corrected chi connectivity index (χ0v) is 13.2. The fourth-order valence-electron chi connectivity index (χ4n) is 3.57. The number of rotatable bonds is 2. The molecule has 104 valence electrons. The van der Waals surface area contributed by atoms with Gasteiger partial charge in [0.15, 0.2) is 0 Å². The molecule has 1 aromatic rings. The van der Waals surface area contributed by atoms with Crippen LogP contribution >= 0.6 is 15.9 Å². The van der Waals surface area contributed by atoms with Gasteiger partial charge in [-0.25, -0.2) is 0 Å². The monoisotopic (exact) mass is 322 g/mol. The number of piperidine rings is 1. The van der Waals surface area contributed by atoms with Gasteiger partial charge in [-0.05, 0) is 84.7 Å². The Morgan fingerprint density at radius 3 is 2.68 bits per heavy atom. The van der Waals surface area contributed by atoms with Gasteiger partial charge in [-0.2, -0.15) is 0 Å². The minimum absolute atomic E-state index is 0.898. The Morgan fingerprint density at radius 2 is 1.95 bits per heavy atom. The van der Waals surface area contributed by atoms with Crippen LogP contribution in [0.4, 0.5) is 5.69 Å². The molecule has 1 unspecified atom stereocenters. The first-order valence-electron chi connectivity index (χ1n) is 7.46. The molecule has 3 heteroatoms. The maximum absolute atomic E-state index is 3.72. The Balaban J connectivity index is 1.67. The summed E-state index contributed by atoms with van der Waals surface area (Å²) in [6.07, 6.45) is 4.10. The smallest absolute Gasteiger partial charge is 0.0510 e. The quantitative estimate of drug-likeness (QED) is 0.895. The fraction of sp³-hybridized carbons (Fsp3) is 0.625. The predicted molar refractivity (Wildman–Crippen MR) is 84.8 cm³/mol. The molecule has 2 aliphatic rings. The Bertz CT molecular complexity index is 440. The first kappa shape index (κ1) is 13.4. The zero-order valence-electron chi connectivity index (χ0n) is 11.7. The fourth-order valence-corrected chi connectivity index (χ4v) is 4.32. The molecule has 2 saturated heterocycles. The molecule has 0 aliphatic carbocycles. The molecule has 0 amide bonds. The molecule has 0 aromatic heterocycles. The van der Waals surface area contributed by atoms with Crippen LogP contribution in [0.2, 0.25) is 0 Å². The molecule has 1 atom stereocenters. The lowest BCUT2D eigenvalue weighted by Crippen LogP contribution is -2.33. The van der Waals surface area contributed by atoms with Crippen molar-refractivity contribution in [1.29, 1.82) is 0 Å². The first-order chi connectivity index (χ1) is 9.24. The molecule has 0 saturated carbocycles. The summed E-state index contributed by atoms with van der Waals surface area (Å²) < 4.78 is 1.25. The van der Waals surface area contributed by atoms with Crippen LogP contribution in [-0.4, -0.2) is 26.2 Å². The zero-order chi connectivity index (χ0) is 13.2. The van der Waals surface area contributed by atoms with E-state index in [-0.39, 0.29) is 0 Å². The summed E-state index contributed by atoms with van der Waals surface area (Å²) in [4.78, 5) is 2.57. The maximum atomic E-state index is 3.72. The Kier molecular flexibility index (Phi) is 4.13. The summed E-state index contributed by atoms with van der Waals surface area (Å²) in [5.41, 5.74) is 2.70. The molecule has 2 fully saturated rings. The Morgan fingerprint density at radius 1 is 1.16 bits per heavy atom. The highest BCUT2D eigenvalue weighted by atomic mass is 79.9. The van der Waals surface area contributed by atoms with Gasteiger partial charge in [0.1, 0.15) is 0 Å². The largest absolute Gasteiger partial charge is 0.370 e. The van der Waals surface area contributed by atoms with Gasteiger partial charge in [-0.15, -0.1) is 0 Å².